The lowest BCUT2D eigenvalue weighted by Crippen LogP contribution is -2.41. The lowest BCUT2D eigenvalue weighted by atomic mass is 10.2. The number of nitrogens with zero attached hydrogens (tertiary/aromatic N) is 2. The van der Waals surface area contributed by atoms with Crippen LogP contribution >= 0.6 is 11.8 Å². The molecule has 1 amide bonds. The molecule has 0 unspecified atom stereocenters. The van der Waals surface area contributed by atoms with Crippen LogP contribution in [0, 0.1) is 0 Å². The smallest absolute Gasteiger partial charge is 0.266 e. The molecule has 0 spiro atoms. The topological polar surface area (TPSA) is 51.1 Å². The molecule has 0 bridgehead atoms. The highest BCUT2D eigenvalue weighted by molar-refractivity contribution is 8.14. The summed E-state index contributed by atoms with van der Waals surface area (Å²) in [5.74, 6) is 1.93. The molecule has 2 aromatic carbocycles. The van der Waals surface area contributed by atoms with Crippen molar-refractivity contribution in [3.05, 3.63) is 54.6 Å². The summed E-state index contributed by atoms with van der Waals surface area (Å²) in [5, 5.41) is 0.733. The molecule has 0 saturated carbocycles. The van der Waals surface area contributed by atoms with E-state index >= 15 is 0 Å². The number of benzene rings is 2. The van der Waals surface area contributed by atoms with Crippen molar-refractivity contribution in [3.63, 3.8) is 0 Å². The Hall–Kier alpha value is -2.47. The van der Waals surface area contributed by atoms with E-state index in [1.165, 1.54) is 0 Å². The molecule has 1 heterocycles. The maximum atomic E-state index is 12.9. The number of hydrogen-bond acceptors (Lipinski definition) is 5. The van der Waals surface area contributed by atoms with E-state index in [1.54, 1.807) is 29.8 Å². The average molecular weight is 370 g/mol. The van der Waals surface area contributed by atoms with Crippen molar-refractivity contribution < 1.29 is 14.3 Å². The van der Waals surface area contributed by atoms with E-state index in [4.69, 9.17) is 9.47 Å². The van der Waals surface area contributed by atoms with Gasteiger partial charge in [0, 0.05) is 11.8 Å². The molecular weight excluding hydrogens is 348 g/mol. The average Bonchev–Trinajstić information content (AvgIpc) is 3.09. The Morgan fingerprint density at radius 2 is 1.85 bits per heavy atom. The number of ether oxygens (including phenoxy) is 2. The first-order valence-electron chi connectivity index (χ1n) is 8.57. The minimum atomic E-state index is -0.0950. The fraction of sp³-hybridized carbons (Fsp3) is 0.300. The molecular formula is C20H22N2O3S. The van der Waals surface area contributed by atoms with Crippen LogP contribution in [0.3, 0.4) is 0 Å². The first-order chi connectivity index (χ1) is 12.7. The Balaban J connectivity index is 1.75. The number of amidine groups is 1. The first kappa shape index (κ1) is 18.3. The van der Waals surface area contributed by atoms with Gasteiger partial charge in [0.2, 0.25) is 0 Å². The van der Waals surface area contributed by atoms with Crippen LogP contribution in [0.4, 0.5) is 5.69 Å². The molecule has 1 fully saturated rings. The number of amides is 1. The third kappa shape index (κ3) is 4.19. The highest BCUT2D eigenvalue weighted by Crippen LogP contribution is 2.30. The Kier molecular flexibility index (Phi) is 6.17. The van der Waals surface area contributed by atoms with Gasteiger partial charge in [0.25, 0.3) is 5.91 Å². The van der Waals surface area contributed by atoms with Gasteiger partial charge in [-0.15, -0.1) is 0 Å². The van der Waals surface area contributed by atoms with Gasteiger partial charge in [-0.1, -0.05) is 49.0 Å². The number of methoxy groups -OCH3 is 1. The van der Waals surface area contributed by atoms with E-state index in [1.807, 2.05) is 48.5 Å². The predicted molar refractivity (Wildman–Crippen MR) is 105 cm³/mol. The number of hydrogen-bond donors (Lipinski definition) is 0. The SMILES string of the molecule is CC[C@@H]1CSC(=Nc2ccccc2)N1C(=O)COc1ccccc1OC. The number of carbonyl (C=O) groups is 1. The van der Waals surface area contributed by atoms with Crippen LogP contribution in [0.2, 0.25) is 0 Å². The largest absolute Gasteiger partial charge is 0.493 e. The van der Waals surface area contributed by atoms with Crippen molar-refractivity contribution >= 4 is 28.5 Å². The van der Waals surface area contributed by atoms with Crippen LogP contribution in [-0.4, -0.2) is 41.5 Å². The predicted octanol–water partition coefficient (Wildman–Crippen LogP) is 4.12. The standard InChI is InChI=1S/C20H22N2O3S/c1-3-16-14-26-20(21-15-9-5-4-6-10-15)22(16)19(23)13-25-18-12-8-7-11-17(18)24-2/h4-12,16H,3,13-14H2,1-2H3/t16-/m1/s1. The molecule has 3 rings (SSSR count). The number of rotatable bonds is 6. The molecule has 6 heteroatoms. The lowest BCUT2D eigenvalue weighted by molar-refractivity contribution is -0.130. The quantitative estimate of drug-likeness (QED) is 0.768. The van der Waals surface area contributed by atoms with Crippen molar-refractivity contribution in [2.24, 2.45) is 4.99 Å². The van der Waals surface area contributed by atoms with Crippen LogP contribution < -0.4 is 9.47 Å². The lowest BCUT2D eigenvalue weighted by Gasteiger charge is -2.23. The van der Waals surface area contributed by atoms with Crippen LogP contribution in [0.15, 0.2) is 59.6 Å². The van der Waals surface area contributed by atoms with E-state index in [0.717, 1.165) is 23.0 Å². The van der Waals surface area contributed by atoms with Crippen molar-refractivity contribution in [2.75, 3.05) is 19.5 Å². The molecule has 1 saturated heterocycles. The number of thioether (sulfide) groups is 1. The minimum Gasteiger partial charge on any atom is -0.493 e. The number of carbonyl (C=O) groups excluding carboxylic acids is 1. The zero-order valence-corrected chi connectivity index (χ0v) is 15.7. The molecule has 2 aromatic rings. The second-order valence-electron chi connectivity index (χ2n) is 5.81. The van der Waals surface area contributed by atoms with Gasteiger partial charge in [-0.3, -0.25) is 9.69 Å². The van der Waals surface area contributed by atoms with Gasteiger partial charge in [0.05, 0.1) is 12.8 Å². The summed E-state index contributed by atoms with van der Waals surface area (Å²) in [7, 11) is 1.58. The van der Waals surface area contributed by atoms with E-state index in [0.29, 0.717) is 11.5 Å². The molecule has 1 aliphatic rings. The normalized spacial score (nSPS) is 18.2. The third-order valence-electron chi connectivity index (χ3n) is 4.12. The summed E-state index contributed by atoms with van der Waals surface area (Å²) in [4.78, 5) is 19.3. The van der Waals surface area contributed by atoms with Crippen molar-refractivity contribution in [1.29, 1.82) is 0 Å². The maximum Gasteiger partial charge on any atom is 0.266 e. The summed E-state index contributed by atoms with van der Waals surface area (Å²) < 4.78 is 11.0. The highest BCUT2D eigenvalue weighted by atomic mass is 32.2. The van der Waals surface area contributed by atoms with Crippen molar-refractivity contribution in [3.8, 4) is 11.5 Å². The van der Waals surface area contributed by atoms with E-state index in [-0.39, 0.29) is 18.6 Å². The third-order valence-corrected chi connectivity index (χ3v) is 5.21. The van der Waals surface area contributed by atoms with Crippen LogP contribution in [0.1, 0.15) is 13.3 Å². The number of aliphatic imine (C=N–C) groups is 1. The molecule has 0 aliphatic carbocycles. The van der Waals surface area contributed by atoms with E-state index in [2.05, 4.69) is 11.9 Å². The molecule has 0 aromatic heterocycles. The van der Waals surface area contributed by atoms with E-state index < -0.39 is 0 Å². The Morgan fingerprint density at radius 1 is 1.15 bits per heavy atom. The van der Waals surface area contributed by atoms with Gasteiger partial charge in [0.1, 0.15) is 0 Å². The van der Waals surface area contributed by atoms with Gasteiger partial charge < -0.3 is 9.47 Å². The molecule has 0 radical (unpaired) electrons. The van der Waals surface area contributed by atoms with Gasteiger partial charge in [-0.05, 0) is 30.7 Å². The molecule has 26 heavy (non-hydrogen) atoms. The summed E-state index contributed by atoms with van der Waals surface area (Å²) in [6.07, 6.45) is 0.876. The Bertz CT molecular complexity index is 780. The molecule has 136 valence electrons. The molecule has 1 atom stereocenters. The fourth-order valence-corrected chi connectivity index (χ4v) is 4.01. The summed E-state index contributed by atoms with van der Waals surface area (Å²) >= 11 is 1.61. The first-order valence-corrected chi connectivity index (χ1v) is 9.56. The van der Waals surface area contributed by atoms with Crippen LogP contribution in [0.5, 0.6) is 11.5 Å². The summed E-state index contributed by atoms with van der Waals surface area (Å²) in [5.41, 5.74) is 0.843. The summed E-state index contributed by atoms with van der Waals surface area (Å²) in [6.45, 7) is 2.03. The Morgan fingerprint density at radius 3 is 2.54 bits per heavy atom. The zero-order chi connectivity index (χ0) is 18.4. The van der Waals surface area contributed by atoms with Gasteiger partial charge in [0.15, 0.2) is 23.3 Å². The van der Waals surface area contributed by atoms with Gasteiger partial charge in [-0.2, -0.15) is 0 Å². The monoisotopic (exact) mass is 370 g/mol. The van der Waals surface area contributed by atoms with Crippen LogP contribution in [0.25, 0.3) is 0 Å². The zero-order valence-electron chi connectivity index (χ0n) is 14.9. The van der Waals surface area contributed by atoms with E-state index in [9.17, 15) is 4.79 Å². The highest BCUT2D eigenvalue weighted by Gasteiger charge is 2.34. The number of para-hydroxylation sites is 3. The molecule has 0 N–H and O–H groups in total. The van der Waals surface area contributed by atoms with Gasteiger partial charge in [-0.25, -0.2) is 4.99 Å². The second kappa shape index (κ2) is 8.76. The molecule has 5 nitrogen and oxygen atoms in total. The Labute approximate surface area is 158 Å². The van der Waals surface area contributed by atoms with Crippen molar-refractivity contribution in [2.45, 2.75) is 19.4 Å². The minimum absolute atomic E-state index is 0.0504. The van der Waals surface area contributed by atoms with Crippen LogP contribution in [-0.2, 0) is 4.79 Å². The van der Waals surface area contributed by atoms with Gasteiger partial charge >= 0.3 is 0 Å². The fourth-order valence-electron chi connectivity index (χ4n) is 2.73. The van der Waals surface area contributed by atoms with Crippen molar-refractivity contribution in [1.82, 2.24) is 4.90 Å². The second-order valence-corrected chi connectivity index (χ2v) is 6.79. The molecule has 1 aliphatic heterocycles. The maximum absolute atomic E-state index is 12.9. The summed E-state index contributed by atoms with van der Waals surface area (Å²) in [6, 6.07) is 17.1.